The number of hydrogen-bond donors (Lipinski definition) is 3. The molecule has 0 atom stereocenters. The topological polar surface area (TPSA) is 65.7 Å². The molecule has 0 aromatic heterocycles. The maximum atomic E-state index is 12.3. The van der Waals surface area contributed by atoms with E-state index in [0.29, 0.717) is 13.1 Å². The summed E-state index contributed by atoms with van der Waals surface area (Å²) in [6.07, 6.45) is 0.828. The van der Waals surface area contributed by atoms with Crippen LogP contribution in [0, 0.1) is 0 Å². The Morgan fingerprint density at radius 2 is 1.48 bits per heavy atom. The average molecular weight is 430 g/mol. The van der Waals surface area contributed by atoms with Crippen molar-refractivity contribution in [2.45, 2.75) is 13.0 Å². The first-order valence-electron chi connectivity index (χ1n) is 10.9. The van der Waals surface area contributed by atoms with Crippen LogP contribution in [0.2, 0.25) is 0 Å². The third kappa shape index (κ3) is 6.87. The number of carbonyl (C=O) groups is 1. The molecule has 1 saturated heterocycles. The Balaban J connectivity index is 1.36. The molecule has 168 valence electrons. The molecule has 0 unspecified atom stereocenters. The lowest BCUT2D eigenvalue weighted by atomic mass is 10.1. The lowest BCUT2D eigenvalue weighted by Crippen LogP contribution is -3.28. The van der Waals surface area contributed by atoms with Crippen molar-refractivity contribution in [2.75, 3.05) is 60.6 Å². The first-order chi connectivity index (χ1) is 15.1. The lowest BCUT2D eigenvalue weighted by molar-refractivity contribution is -1.02. The van der Waals surface area contributed by atoms with Crippen molar-refractivity contribution in [3.63, 3.8) is 0 Å². The maximum absolute atomic E-state index is 12.3. The Kier molecular flexibility index (Phi) is 8.55. The van der Waals surface area contributed by atoms with Crippen molar-refractivity contribution in [1.82, 2.24) is 5.32 Å². The lowest BCUT2D eigenvalue weighted by Gasteiger charge is -2.29. The number of hydrogen-bond acceptors (Lipinski definition) is 4. The highest BCUT2D eigenvalue weighted by atomic mass is 16.5. The zero-order chi connectivity index (χ0) is 22.1. The standard InChI is InChI=1S/C24H33N3O4/c1-29-21-7-4-19(5-8-21)10-11-25-24(28)18-27-14-12-26(13-15-27)17-20-6-9-22(30-2)23(16-20)31-3/h4-9,16H,10-15,17-18H2,1-3H3,(H,25,28)/p+2. The van der Waals surface area contributed by atoms with Gasteiger partial charge in [0.15, 0.2) is 18.0 Å². The molecule has 1 fully saturated rings. The second kappa shape index (κ2) is 11.6. The van der Waals surface area contributed by atoms with Crippen molar-refractivity contribution in [1.29, 1.82) is 0 Å². The molecule has 0 saturated carbocycles. The van der Waals surface area contributed by atoms with Crippen LogP contribution in [0.5, 0.6) is 17.2 Å². The van der Waals surface area contributed by atoms with Gasteiger partial charge in [0.25, 0.3) is 5.91 Å². The third-order valence-electron chi connectivity index (χ3n) is 5.87. The second-order valence-corrected chi connectivity index (χ2v) is 7.99. The van der Waals surface area contributed by atoms with E-state index in [1.54, 1.807) is 21.3 Å². The van der Waals surface area contributed by atoms with Gasteiger partial charge in [0.05, 0.1) is 21.3 Å². The van der Waals surface area contributed by atoms with E-state index in [1.165, 1.54) is 20.9 Å². The molecule has 7 nitrogen and oxygen atoms in total. The molecule has 1 heterocycles. The van der Waals surface area contributed by atoms with Gasteiger partial charge in [0.1, 0.15) is 38.5 Å². The molecule has 2 aromatic carbocycles. The fourth-order valence-electron chi connectivity index (χ4n) is 4.02. The minimum Gasteiger partial charge on any atom is -0.497 e. The summed E-state index contributed by atoms with van der Waals surface area (Å²) in [4.78, 5) is 15.2. The van der Waals surface area contributed by atoms with Gasteiger partial charge < -0.3 is 29.3 Å². The smallest absolute Gasteiger partial charge is 0.275 e. The Labute approximate surface area is 184 Å². The van der Waals surface area contributed by atoms with Crippen molar-refractivity contribution in [2.24, 2.45) is 0 Å². The van der Waals surface area contributed by atoms with Gasteiger partial charge in [-0.2, -0.15) is 0 Å². The zero-order valence-electron chi connectivity index (χ0n) is 18.8. The molecular formula is C24H35N3O4+2. The van der Waals surface area contributed by atoms with Crippen LogP contribution in [-0.4, -0.2) is 66.5 Å². The van der Waals surface area contributed by atoms with Crippen LogP contribution in [0.1, 0.15) is 11.1 Å². The molecule has 0 bridgehead atoms. The summed E-state index contributed by atoms with van der Waals surface area (Å²) in [5.74, 6) is 2.51. The van der Waals surface area contributed by atoms with Gasteiger partial charge in [-0.3, -0.25) is 4.79 Å². The van der Waals surface area contributed by atoms with Crippen molar-refractivity contribution >= 4 is 5.91 Å². The fourth-order valence-corrected chi connectivity index (χ4v) is 4.02. The molecule has 3 N–H and O–H groups in total. The zero-order valence-corrected chi connectivity index (χ0v) is 18.8. The highest BCUT2D eigenvalue weighted by molar-refractivity contribution is 5.76. The van der Waals surface area contributed by atoms with Crippen LogP contribution in [0.4, 0.5) is 0 Å². The second-order valence-electron chi connectivity index (χ2n) is 7.99. The minimum absolute atomic E-state index is 0.131. The molecule has 0 aliphatic carbocycles. The number of amides is 1. The number of ether oxygens (including phenoxy) is 3. The molecule has 0 spiro atoms. The van der Waals surface area contributed by atoms with Crippen LogP contribution < -0.4 is 29.3 Å². The van der Waals surface area contributed by atoms with Gasteiger partial charge in [0, 0.05) is 12.1 Å². The summed E-state index contributed by atoms with van der Waals surface area (Å²) < 4.78 is 15.9. The van der Waals surface area contributed by atoms with Gasteiger partial charge in [-0.15, -0.1) is 0 Å². The van der Waals surface area contributed by atoms with Gasteiger partial charge in [-0.05, 0) is 42.3 Å². The summed E-state index contributed by atoms with van der Waals surface area (Å²) in [6.45, 7) is 6.30. The summed E-state index contributed by atoms with van der Waals surface area (Å²) in [6, 6.07) is 14.1. The van der Waals surface area contributed by atoms with Crippen molar-refractivity contribution in [3.8, 4) is 17.2 Å². The largest absolute Gasteiger partial charge is 0.497 e. The summed E-state index contributed by atoms with van der Waals surface area (Å²) in [7, 11) is 4.98. The van der Waals surface area contributed by atoms with Crippen LogP contribution in [0.15, 0.2) is 42.5 Å². The first kappa shape index (κ1) is 22.9. The van der Waals surface area contributed by atoms with Crippen LogP contribution in [0.25, 0.3) is 0 Å². The Hall–Kier alpha value is -2.77. The number of nitrogens with one attached hydrogen (secondary N) is 3. The SMILES string of the molecule is COc1ccc(CCNC(=O)C[NH+]2CC[NH+](Cc3ccc(OC)c(OC)c3)CC2)cc1. The van der Waals surface area contributed by atoms with E-state index in [-0.39, 0.29) is 5.91 Å². The number of carbonyl (C=O) groups excluding carboxylic acids is 1. The monoisotopic (exact) mass is 429 g/mol. The van der Waals surface area contributed by atoms with Crippen molar-refractivity contribution in [3.05, 3.63) is 53.6 Å². The van der Waals surface area contributed by atoms with E-state index in [1.807, 2.05) is 30.3 Å². The number of benzene rings is 2. The van der Waals surface area contributed by atoms with Crippen molar-refractivity contribution < 1.29 is 28.8 Å². The summed E-state index contributed by atoms with van der Waals surface area (Å²) in [5.41, 5.74) is 2.44. The Bertz CT molecular complexity index is 833. The van der Waals surface area contributed by atoms with E-state index in [2.05, 4.69) is 17.4 Å². The van der Waals surface area contributed by atoms with Crippen LogP contribution >= 0.6 is 0 Å². The van der Waals surface area contributed by atoms with Gasteiger partial charge in [-0.1, -0.05) is 12.1 Å². The number of methoxy groups -OCH3 is 3. The molecule has 0 radical (unpaired) electrons. The van der Waals surface area contributed by atoms with Crippen LogP contribution in [-0.2, 0) is 17.8 Å². The predicted octanol–water partition coefficient (Wildman–Crippen LogP) is -0.645. The highest BCUT2D eigenvalue weighted by Crippen LogP contribution is 2.27. The van der Waals surface area contributed by atoms with Gasteiger partial charge in [0.2, 0.25) is 0 Å². The quantitative estimate of drug-likeness (QED) is 0.470. The van der Waals surface area contributed by atoms with Gasteiger partial charge >= 0.3 is 0 Å². The number of quaternary nitrogens is 2. The number of rotatable bonds is 10. The van der Waals surface area contributed by atoms with Gasteiger partial charge in [-0.25, -0.2) is 0 Å². The minimum atomic E-state index is 0.131. The molecule has 3 rings (SSSR count). The number of piperazine rings is 1. The van der Waals surface area contributed by atoms with E-state index in [4.69, 9.17) is 14.2 Å². The molecule has 1 aliphatic heterocycles. The third-order valence-corrected chi connectivity index (χ3v) is 5.87. The molecule has 7 heteroatoms. The normalized spacial score (nSPS) is 18.3. The average Bonchev–Trinajstić information content (AvgIpc) is 2.80. The van der Waals surface area contributed by atoms with E-state index < -0.39 is 0 Å². The Morgan fingerprint density at radius 1 is 0.839 bits per heavy atom. The van der Waals surface area contributed by atoms with Crippen LogP contribution in [0.3, 0.4) is 0 Å². The fraction of sp³-hybridized carbons (Fsp3) is 0.458. The Morgan fingerprint density at radius 3 is 2.13 bits per heavy atom. The molecule has 1 aliphatic rings. The first-order valence-corrected chi connectivity index (χ1v) is 10.9. The van der Waals surface area contributed by atoms with E-state index >= 15 is 0 Å². The highest BCUT2D eigenvalue weighted by Gasteiger charge is 2.25. The maximum Gasteiger partial charge on any atom is 0.275 e. The molecule has 2 aromatic rings. The van der Waals surface area contributed by atoms with E-state index in [0.717, 1.165) is 56.4 Å². The predicted molar refractivity (Wildman–Crippen MR) is 119 cm³/mol. The molecule has 31 heavy (non-hydrogen) atoms. The summed E-state index contributed by atoms with van der Waals surface area (Å²) >= 11 is 0. The summed E-state index contributed by atoms with van der Waals surface area (Å²) in [5, 5.41) is 3.06. The van der Waals surface area contributed by atoms with E-state index in [9.17, 15) is 4.79 Å². The molecule has 1 amide bonds. The molecular weight excluding hydrogens is 394 g/mol.